The number of nitrogens with one attached hydrogen (secondary N) is 1. The van der Waals surface area contributed by atoms with Crippen LogP contribution in [0.4, 0.5) is 15.9 Å². The summed E-state index contributed by atoms with van der Waals surface area (Å²) in [7, 11) is 0. The number of nitrogens with two attached hydrogens (primary N) is 2. The summed E-state index contributed by atoms with van der Waals surface area (Å²) >= 11 is 0. The molecule has 3 aromatic heterocycles. The molecule has 9 heteroatoms. The molecule has 1 unspecified atom stereocenters. The third kappa shape index (κ3) is 4.91. The van der Waals surface area contributed by atoms with Crippen LogP contribution in [-0.2, 0) is 5.54 Å². The summed E-state index contributed by atoms with van der Waals surface area (Å²) in [6.07, 6.45) is 9.19. The Morgan fingerprint density at radius 3 is 2.62 bits per heavy atom. The summed E-state index contributed by atoms with van der Waals surface area (Å²) in [6.45, 7) is 1.85. The second kappa shape index (κ2) is 10.2. The first-order valence-electron chi connectivity index (χ1n) is 13.3. The zero-order valence-electron chi connectivity index (χ0n) is 22.1. The van der Waals surface area contributed by atoms with Crippen molar-refractivity contribution in [2.45, 2.75) is 38.1 Å². The van der Waals surface area contributed by atoms with Crippen molar-refractivity contribution in [1.29, 1.82) is 0 Å². The highest BCUT2D eigenvalue weighted by molar-refractivity contribution is 6.03. The van der Waals surface area contributed by atoms with Gasteiger partial charge in [0, 0.05) is 29.7 Å². The van der Waals surface area contributed by atoms with Gasteiger partial charge in [0.1, 0.15) is 11.6 Å². The Morgan fingerprint density at radius 2 is 1.85 bits per heavy atom. The molecule has 5 aromatic rings. The number of carbonyl (C=O) groups excluding carboxylic acids is 1. The lowest BCUT2D eigenvalue weighted by Gasteiger charge is -2.31. The molecule has 0 spiro atoms. The molecule has 1 amide bonds. The van der Waals surface area contributed by atoms with Crippen molar-refractivity contribution in [3.63, 3.8) is 0 Å². The van der Waals surface area contributed by atoms with Crippen molar-refractivity contribution in [3.05, 3.63) is 108 Å². The third-order valence-electron chi connectivity index (χ3n) is 7.71. The number of fused-ring (bicyclic) bond motifs is 1. The van der Waals surface area contributed by atoms with Crippen LogP contribution >= 0.6 is 0 Å². The van der Waals surface area contributed by atoms with Crippen molar-refractivity contribution in [3.8, 4) is 5.69 Å². The molecule has 2 aromatic carbocycles. The molecular formula is C31H30FN7O. The molecule has 0 saturated heterocycles. The topological polar surface area (TPSA) is 125 Å². The first-order chi connectivity index (χ1) is 19.3. The summed E-state index contributed by atoms with van der Waals surface area (Å²) in [6, 6.07) is 17.7. The summed E-state index contributed by atoms with van der Waals surface area (Å²) in [5, 5.41) is 8.96. The number of pyridine rings is 2. The smallest absolute Gasteiger partial charge is 0.276 e. The summed E-state index contributed by atoms with van der Waals surface area (Å²) < 4.78 is 16.6. The van der Waals surface area contributed by atoms with E-state index in [0.717, 1.165) is 39.7 Å². The van der Waals surface area contributed by atoms with E-state index in [0.29, 0.717) is 18.2 Å². The molecule has 0 bridgehead atoms. The van der Waals surface area contributed by atoms with E-state index in [1.807, 2.05) is 43.3 Å². The van der Waals surface area contributed by atoms with E-state index in [-0.39, 0.29) is 11.4 Å². The lowest BCUT2D eigenvalue weighted by molar-refractivity contribution is 0.102. The number of aromatic nitrogens is 4. The van der Waals surface area contributed by atoms with Gasteiger partial charge in [-0.25, -0.2) is 14.1 Å². The number of amides is 1. The summed E-state index contributed by atoms with van der Waals surface area (Å²) in [5.41, 5.74) is 15.5. The Morgan fingerprint density at radius 1 is 1.05 bits per heavy atom. The SMILES string of the molecule is Cc1cc(C(=O)Nc2cc(C(N)(CCC3CC3)c3ccncc3)ccc2F)nn1-c1ccc2ccnc(N)c2c1. The van der Waals surface area contributed by atoms with E-state index >= 15 is 0 Å². The molecule has 3 heterocycles. The number of nitrogens with zero attached hydrogens (tertiary/aromatic N) is 4. The lowest BCUT2D eigenvalue weighted by Crippen LogP contribution is -2.38. The molecule has 40 heavy (non-hydrogen) atoms. The maximum Gasteiger partial charge on any atom is 0.276 e. The van der Waals surface area contributed by atoms with Gasteiger partial charge in [-0.05, 0) is 90.7 Å². The number of carbonyl (C=O) groups is 1. The van der Waals surface area contributed by atoms with Gasteiger partial charge in [-0.3, -0.25) is 9.78 Å². The van der Waals surface area contributed by atoms with Crippen molar-refractivity contribution in [2.75, 3.05) is 11.1 Å². The highest BCUT2D eigenvalue weighted by Gasteiger charge is 2.33. The Hall–Kier alpha value is -4.63. The average molecular weight is 536 g/mol. The number of hydrogen-bond donors (Lipinski definition) is 3. The molecule has 6 rings (SSSR count). The Bertz CT molecular complexity index is 1710. The average Bonchev–Trinajstić information content (AvgIpc) is 3.72. The van der Waals surface area contributed by atoms with E-state index in [9.17, 15) is 9.18 Å². The van der Waals surface area contributed by atoms with E-state index in [1.165, 1.54) is 18.9 Å². The zero-order valence-corrected chi connectivity index (χ0v) is 22.1. The van der Waals surface area contributed by atoms with Crippen molar-refractivity contribution >= 4 is 28.2 Å². The van der Waals surface area contributed by atoms with Gasteiger partial charge < -0.3 is 16.8 Å². The number of nitrogen functional groups attached to an aromatic ring is 1. The van der Waals surface area contributed by atoms with Crippen LogP contribution in [0.15, 0.2) is 79.3 Å². The molecule has 1 atom stereocenters. The molecule has 1 fully saturated rings. The minimum atomic E-state index is -0.844. The predicted molar refractivity (Wildman–Crippen MR) is 154 cm³/mol. The van der Waals surface area contributed by atoms with Gasteiger partial charge in [0.15, 0.2) is 5.69 Å². The number of hydrogen-bond acceptors (Lipinski definition) is 6. The zero-order chi connectivity index (χ0) is 27.9. The van der Waals surface area contributed by atoms with Crippen LogP contribution < -0.4 is 16.8 Å². The van der Waals surface area contributed by atoms with E-state index in [4.69, 9.17) is 11.5 Å². The summed E-state index contributed by atoms with van der Waals surface area (Å²) in [4.78, 5) is 21.5. The molecule has 5 N–H and O–H groups in total. The van der Waals surface area contributed by atoms with Crippen LogP contribution in [0.3, 0.4) is 0 Å². The highest BCUT2D eigenvalue weighted by Crippen LogP contribution is 2.40. The maximum atomic E-state index is 15.0. The van der Waals surface area contributed by atoms with E-state index in [2.05, 4.69) is 20.4 Å². The quantitative estimate of drug-likeness (QED) is 0.241. The standard InChI is InChI=1S/C31H30FN7O/c1-19-16-28(38-39(19)24-6-4-21-9-15-36-29(33)25(21)18-24)30(40)37-27-17-23(5-7-26(27)32)31(34,12-8-20-2-3-20)22-10-13-35-14-11-22/h4-7,9-11,13-18,20H,2-3,8,12,34H2,1H3,(H2,33,36)(H,37,40). The molecule has 1 aliphatic carbocycles. The second-order valence-corrected chi connectivity index (χ2v) is 10.5. The van der Waals surface area contributed by atoms with Gasteiger partial charge in [0.05, 0.1) is 16.9 Å². The predicted octanol–water partition coefficient (Wildman–Crippen LogP) is 5.49. The monoisotopic (exact) mass is 535 g/mol. The Balaban J connectivity index is 1.29. The van der Waals surface area contributed by atoms with Crippen LogP contribution in [0.1, 0.15) is 53.0 Å². The second-order valence-electron chi connectivity index (χ2n) is 10.5. The van der Waals surface area contributed by atoms with Gasteiger partial charge in [0.25, 0.3) is 5.91 Å². The maximum absolute atomic E-state index is 15.0. The van der Waals surface area contributed by atoms with Crippen LogP contribution in [0.5, 0.6) is 0 Å². The van der Waals surface area contributed by atoms with Gasteiger partial charge in [-0.1, -0.05) is 25.0 Å². The minimum Gasteiger partial charge on any atom is -0.383 e. The van der Waals surface area contributed by atoms with Crippen molar-refractivity contribution < 1.29 is 9.18 Å². The van der Waals surface area contributed by atoms with E-state index < -0.39 is 17.3 Å². The number of rotatable bonds is 8. The fourth-order valence-electron chi connectivity index (χ4n) is 5.19. The largest absolute Gasteiger partial charge is 0.383 e. The van der Waals surface area contributed by atoms with Gasteiger partial charge >= 0.3 is 0 Å². The highest BCUT2D eigenvalue weighted by atomic mass is 19.1. The molecular weight excluding hydrogens is 505 g/mol. The molecule has 8 nitrogen and oxygen atoms in total. The third-order valence-corrected chi connectivity index (χ3v) is 7.71. The molecule has 0 aliphatic heterocycles. The number of aryl methyl sites for hydroxylation is 1. The first kappa shape index (κ1) is 25.6. The van der Waals surface area contributed by atoms with Crippen LogP contribution in [0.2, 0.25) is 0 Å². The number of anilines is 2. The number of benzene rings is 2. The minimum absolute atomic E-state index is 0.0505. The Labute approximate surface area is 231 Å². The molecule has 202 valence electrons. The molecule has 1 aliphatic rings. The van der Waals surface area contributed by atoms with Gasteiger partial charge in [-0.15, -0.1) is 0 Å². The normalized spacial score (nSPS) is 14.7. The number of halogens is 1. The fourth-order valence-corrected chi connectivity index (χ4v) is 5.19. The van der Waals surface area contributed by atoms with Crippen molar-refractivity contribution in [2.24, 2.45) is 11.7 Å². The first-order valence-corrected chi connectivity index (χ1v) is 13.3. The summed E-state index contributed by atoms with van der Waals surface area (Å²) in [5.74, 6) is 0.0183. The van der Waals surface area contributed by atoms with Crippen LogP contribution in [-0.4, -0.2) is 25.7 Å². The van der Waals surface area contributed by atoms with Crippen molar-refractivity contribution in [1.82, 2.24) is 19.7 Å². The molecule has 0 radical (unpaired) electrons. The fraction of sp³-hybridized carbons (Fsp3) is 0.226. The van der Waals surface area contributed by atoms with Gasteiger partial charge in [-0.2, -0.15) is 5.10 Å². The Kier molecular flexibility index (Phi) is 6.51. The van der Waals surface area contributed by atoms with E-state index in [1.54, 1.807) is 41.5 Å². The van der Waals surface area contributed by atoms with Crippen LogP contribution in [0.25, 0.3) is 16.5 Å². The van der Waals surface area contributed by atoms with Gasteiger partial charge in [0.2, 0.25) is 0 Å². The van der Waals surface area contributed by atoms with Crippen LogP contribution in [0, 0.1) is 18.7 Å². The lowest BCUT2D eigenvalue weighted by atomic mass is 9.79. The molecule has 1 saturated carbocycles.